The van der Waals surface area contributed by atoms with Crippen LogP contribution >= 0.6 is 0 Å². The summed E-state index contributed by atoms with van der Waals surface area (Å²) in [5, 5.41) is 12.8. The maximum atomic E-state index is 11.7. The van der Waals surface area contributed by atoms with Gasteiger partial charge in [0.05, 0.1) is 22.1 Å². The summed E-state index contributed by atoms with van der Waals surface area (Å²) in [6, 6.07) is 41.7. The van der Waals surface area contributed by atoms with Crippen molar-refractivity contribution in [2.24, 2.45) is 0 Å². The summed E-state index contributed by atoms with van der Waals surface area (Å²) in [5.74, 6) is 0.904. The first-order valence-electron chi connectivity index (χ1n) is 20.9. The second-order valence-corrected chi connectivity index (χ2v) is 19.6. The van der Waals surface area contributed by atoms with Gasteiger partial charge in [0, 0.05) is 28.4 Å². The molecule has 1 N–H and O–H groups in total. The smallest absolute Gasteiger partial charge is 0.149 e. The third kappa shape index (κ3) is 7.46. The fourth-order valence-electron chi connectivity index (χ4n) is 8.48. The number of aromatic nitrogens is 3. The molecule has 6 aromatic carbocycles. The van der Waals surface area contributed by atoms with Crippen LogP contribution in [-0.2, 0) is 16.2 Å². The predicted molar refractivity (Wildman–Crippen MR) is 250 cm³/mol. The molecular weight excluding hydrogens is 719 g/mol. The highest BCUT2D eigenvalue weighted by molar-refractivity contribution is 6.01. The molecule has 298 valence electrons. The molecule has 4 heteroatoms. The molecule has 2 aromatic heterocycles. The van der Waals surface area contributed by atoms with Gasteiger partial charge in [-0.05, 0) is 153 Å². The third-order valence-electron chi connectivity index (χ3n) is 11.9. The summed E-state index contributed by atoms with van der Waals surface area (Å²) in [6.45, 7) is 26.7. The zero-order chi connectivity index (χ0) is 42.2. The van der Waals surface area contributed by atoms with E-state index in [1.807, 2.05) is 24.4 Å². The minimum atomic E-state index is -0.129. The van der Waals surface area contributed by atoms with Crippen LogP contribution in [0.1, 0.15) is 95.7 Å². The Kier molecular flexibility index (Phi) is 9.70. The van der Waals surface area contributed by atoms with E-state index in [2.05, 4.69) is 185 Å². The molecule has 59 heavy (non-hydrogen) atoms. The number of benzene rings is 6. The fraction of sp³-hybridized carbons (Fsp3) is 0.273. The van der Waals surface area contributed by atoms with E-state index in [1.54, 1.807) is 0 Å². The normalized spacial score (nSPS) is 12.5. The standard InChI is InChI=1S/C55H57N3O/c1-33-25-37(27-38(26-33)45-32-42(55(10,11)12)28-36-17-14-24-56-50(36)45)44-29-39(49-34(2)15-13-16-35(49)3)30-47-51(44)57-52(46-31-41(54(7,8)9)20-23-48(46)59)58(47)43-21-18-40(19-22-43)53(4,5)6/h13-32,59H,1-12H3. The number of hydrogen-bond donors (Lipinski definition) is 1. The van der Waals surface area contributed by atoms with Crippen LogP contribution in [0.4, 0.5) is 0 Å². The van der Waals surface area contributed by atoms with Crippen molar-refractivity contribution in [1.29, 1.82) is 0 Å². The largest absolute Gasteiger partial charge is 0.507 e. The maximum absolute atomic E-state index is 11.7. The van der Waals surface area contributed by atoms with E-state index < -0.39 is 0 Å². The Labute approximate surface area is 350 Å². The Bertz CT molecular complexity index is 2890. The molecule has 0 bridgehead atoms. The molecule has 4 nitrogen and oxygen atoms in total. The van der Waals surface area contributed by atoms with Crippen molar-refractivity contribution in [2.75, 3.05) is 0 Å². The Hall–Kier alpha value is -6.00. The van der Waals surface area contributed by atoms with E-state index in [-0.39, 0.29) is 22.0 Å². The Balaban J connectivity index is 1.49. The van der Waals surface area contributed by atoms with Crippen LogP contribution < -0.4 is 0 Å². The summed E-state index contributed by atoms with van der Waals surface area (Å²) in [5.41, 5.74) is 18.3. The van der Waals surface area contributed by atoms with Gasteiger partial charge < -0.3 is 5.11 Å². The predicted octanol–water partition coefficient (Wildman–Crippen LogP) is 14.8. The van der Waals surface area contributed by atoms with E-state index in [0.717, 1.165) is 66.6 Å². The van der Waals surface area contributed by atoms with Gasteiger partial charge in [0.2, 0.25) is 0 Å². The summed E-state index contributed by atoms with van der Waals surface area (Å²) >= 11 is 0. The van der Waals surface area contributed by atoms with Gasteiger partial charge in [-0.3, -0.25) is 9.55 Å². The van der Waals surface area contributed by atoms with Gasteiger partial charge in [-0.25, -0.2) is 4.98 Å². The van der Waals surface area contributed by atoms with Crippen molar-refractivity contribution in [3.63, 3.8) is 0 Å². The summed E-state index contributed by atoms with van der Waals surface area (Å²) in [6.07, 6.45) is 1.89. The molecule has 0 aliphatic rings. The molecule has 0 saturated carbocycles. The van der Waals surface area contributed by atoms with Gasteiger partial charge in [-0.15, -0.1) is 0 Å². The minimum Gasteiger partial charge on any atom is -0.507 e. The SMILES string of the molecule is Cc1cc(-c2cc(C(C)(C)C)cc3cccnc23)cc(-c2cc(-c3c(C)cccc3C)cc3c2nc(-c2cc(C(C)(C)C)ccc2O)n3-c2ccc(C(C)(C)C)cc2)c1. The van der Waals surface area contributed by atoms with Crippen LogP contribution in [-0.4, -0.2) is 19.6 Å². The highest BCUT2D eigenvalue weighted by Gasteiger charge is 2.25. The summed E-state index contributed by atoms with van der Waals surface area (Å²) in [4.78, 5) is 10.5. The zero-order valence-electron chi connectivity index (χ0n) is 36.8. The molecule has 0 aliphatic heterocycles. The topological polar surface area (TPSA) is 50.9 Å². The Morgan fingerprint density at radius 2 is 1.10 bits per heavy atom. The van der Waals surface area contributed by atoms with Crippen LogP contribution in [0.3, 0.4) is 0 Å². The first kappa shape index (κ1) is 39.8. The average molecular weight is 776 g/mol. The van der Waals surface area contributed by atoms with Crippen molar-refractivity contribution in [1.82, 2.24) is 14.5 Å². The van der Waals surface area contributed by atoms with Gasteiger partial charge >= 0.3 is 0 Å². The highest BCUT2D eigenvalue weighted by atomic mass is 16.3. The lowest BCUT2D eigenvalue weighted by atomic mass is 9.83. The van der Waals surface area contributed by atoms with Gasteiger partial charge in [-0.2, -0.15) is 0 Å². The lowest BCUT2D eigenvalue weighted by Crippen LogP contribution is -2.11. The number of phenols is 1. The van der Waals surface area contributed by atoms with Gasteiger partial charge in [0.1, 0.15) is 11.6 Å². The molecule has 2 heterocycles. The summed E-state index contributed by atoms with van der Waals surface area (Å²) in [7, 11) is 0. The van der Waals surface area contributed by atoms with Crippen molar-refractivity contribution in [3.8, 4) is 56.2 Å². The van der Waals surface area contributed by atoms with Crippen molar-refractivity contribution in [2.45, 2.75) is 99.3 Å². The second-order valence-electron chi connectivity index (χ2n) is 19.6. The van der Waals surface area contributed by atoms with Crippen LogP contribution in [0.2, 0.25) is 0 Å². The Morgan fingerprint density at radius 3 is 1.73 bits per heavy atom. The summed E-state index contributed by atoms with van der Waals surface area (Å²) < 4.78 is 2.25. The lowest BCUT2D eigenvalue weighted by molar-refractivity contribution is 0.475. The van der Waals surface area contributed by atoms with Crippen LogP contribution in [0, 0.1) is 20.8 Å². The third-order valence-corrected chi connectivity index (χ3v) is 11.9. The van der Waals surface area contributed by atoms with E-state index in [0.29, 0.717) is 11.4 Å². The molecule has 0 aliphatic carbocycles. The second kappa shape index (κ2) is 14.4. The van der Waals surface area contributed by atoms with Crippen LogP contribution in [0.5, 0.6) is 5.75 Å². The van der Waals surface area contributed by atoms with E-state index in [1.165, 1.54) is 27.8 Å². The van der Waals surface area contributed by atoms with Gasteiger partial charge in [0.25, 0.3) is 0 Å². The fourth-order valence-corrected chi connectivity index (χ4v) is 8.48. The molecule has 8 aromatic rings. The number of fused-ring (bicyclic) bond motifs is 2. The number of phenolic OH excluding ortho intramolecular Hbond substituents is 1. The molecule has 0 fully saturated rings. The number of hydrogen-bond acceptors (Lipinski definition) is 3. The molecule has 8 rings (SSSR count). The van der Waals surface area contributed by atoms with Gasteiger partial charge in [-0.1, -0.05) is 117 Å². The molecule has 0 unspecified atom stereocenters. The van der Waals surface area contributed by atoms with E-state index in [9.17, 15) is 5.11 Å². The molecule has 0 atom stereocenters. The minimum absolute atomic E-state index is 0.00347. The maximum Gasteiger partial charge on any atom is 0.149 e. The molecule has 0 radical (unpaired) electrons. The number of nitrogens with zero attached hydrogens (tertiary/aromatic N) is 3. The lowest BCUT2D eigenvalue weighted by Gasteiger charge is -2.22. The molecule has 0 spiro atoms. The van der Waals surface area contributed by atoms with E-state index in [4.69, 9.17) is 9.97 Å². The van der Waals surface area contributed by atoms with Crippen molar-refractivity contribution < 1.29 is 5.11 Å². The van der Waals surface area contributed by atoms with Crippen molar-refractivity contribution >= 4 is 21.9 Å². The first-order valence-corrected chi connectivity index (χ1v) is 20.9. The van der Waals surface area contributed by atoms with E-state index >= 15 is 0 Å². The first-order chi connectivity index (χ1) is 27.8. The number of aryl methyl sites for hydroxylation is 3. The van der Waals surface area contributed by atoms with Crippen LogP contribution in [0.25, 0.3) is 72.4 Å². The average Bonchev–Trinajstić information content (AvgIpc) is 3.55. The number of aromatic hydroxyl groups is 1. The number of rotatable bonds is 5. The highest BCUT2D eigenvalue weighted by Crippen LogP contribution is 2.44. The van der Waals surface area contributed by atoms with Crippen LogP contribution in [0.15, 0.2) is 121 Å². The molecule has 0 saturated heterocycles. The number of imidazole rings is 1. The zero-order valence-corrected chi connectivity index (χ0v) is 36.8. The van der Waals surface area contributed by atoms with Gasteiger partial charge in [0.15, 0.2) is 0 Å². The monoisotopic (exact) mass is 775 g/mol. The Morgan fingerprint density at radius 1 is 0.508 bits per heavy atom. The molecule has 0 amide bonds. The van der Waals surface area contributed by atoms with Crippen molar-refractivity contribution in [3.05, 3.63) is 155 Å². The number of pyridine rings is 1. The quantitative estimate of drug-likeness (QED) is 0.189. The molecular formula is C55H57N3O.